The quantitative estimate of drug-likeness (QED) is 0.562. The van der Waals surface area contributed by atoms with Crippen LogP contribution in [0, 0.1) is 5.92 Å². The molecule has 0 radical (unpaired) electrons. The molecule has 66 valence electrons. The molecule has 2 aliphatic rings. The summed E-state index contributed by atoms with van der Waals surface area (Å²) >= 11 is 6.06. The minimum atomic E-state index is 0.566. The molecule has 1 aliphatic carbocycles. The molecule has 1 aliphatic heterocycles. The first kappa shape index (κ1) is 8.18. The maximum atomic E-state index is 6.06. The molecule has 1 saturated heterocycles. The van der Waals surface area contributed by atoms with Crippen LogP contribution in [0.25, 0.3) is 0 Å². The zero-order valence-corrected chi connectivity index (χ0v) is 8.03. The van der Waals surface area contributed by atoms with Crippen molar-refractivity contribution < 1.29 is 4.74 Å². The summed E-state index contributed by atoms with van der Waals surface area (Å²) in [5.41, 5.74) is 1.37. The number of halogens is 1. The molecule has 0 aromatic rings. The molecule has 0 amide bonds. The Bertz CT molecular complexity index is 253. The van der Waals surface area contributed by atoms with Gasteiger partial charge in [0, 0.05) is 5.92 Å². The van der Waals surface area contributed by atoms with Crippen LogP contribution in [0.3, 0.4) is 0 Å². The summed E-state index contributed by atoms with van der Waals surface area (Å²) in [7, 11) is 0. The van der Waals surface area contributed by atoms with E-state index in [-0.39, 0.29) is 0 Å². The van der Waals surface area contributed by atoms with E-state index in [4.69, 9.17) is 16.3 Å². The third-order valence-corrected chi connectivity index (χ3v) is 2.80. The third kappa shape index (κ3) is 1.38. The smallest absolute Gasteiger partial charge is 0.118 e. The highest BCUT2D eigenvalue weighted by atomic mass is 35.5. The van der Waals surface area contributed by atoms with Gasteiger partial charge in [-0.3, -0.25) is 0 Å². The zero-order chi connectivity index (χ0) is 8.55. The van der Waals surface area contributed by atoms with Crippen LogP contribution in [0.2, 0.25) is 0 Å². The SMILES string of the molecule is CC1=CC(Cl)=C2OCCCC2C1. The number of fused-ring (bicyclic) bond motifs is 1. The van der Waals surface area contributed by atoms with Crippen molar-refractivity contribution in [1.82, 2.24) is 0 Å². The number of rotatable bonds is 0. The van der Waals surface area contributed by atoms with E-state index in [0.29, 0.717) is 5.92 Å². The van der Waals surface area contributed by atoms with E-state index in [1.165, 1.54) is 18.4 Å². The summed E-state index contributed by atoms with van der Waals surface area (Å²) in [6.45, 7) is 2.97. The molecule has 0 aromatic carbocycles. The number of ether oxygens (including phenoxy) is 1. The largest absolute Gasteiger partial charge is 0.496 e. The van der Waals surface area contributed by atoms with Crippen LogP contribution in [0.5, 0.6) is 0 Å². The minimum Gasteiger partial charge on any atom is -0.496 e. The molecule has 12 heavy (non-hydrogen) atoms. The highest BCUT2D eigenvalue weighted by Gasteiger charge is 2.25. The molecule has 2 rings (SSSR count). The van der Waals surface area contributed by atoms with Gasteiger partial charge in [-0.15, -0.1) is 0 Å². The molecule has 1 nitrogen and oxygen atoms in total. The Kier molecular flexibility index (Phi) is 2.14. The second-order valence-corrected chi connectivity index (χ2v) is 4.00. The second kappa shape index (κ2) is 3.14. The van der Waals surface area contributed by atoms with E-state index in [1.807, 2.05) is 6.08 Å². The fraction of sp³-hybridized carbons (Fsp3) is 0.600. The van der Waals surface area contributed by atoms with Gasteiger partial charge in [-0.05, 0) is 32.3 Å². The predicted molar refractivity (Wildman–Crippen MR) is 49.9 cm³/mol. The number of hydrogen-bond acceptors (Lipinski definition) is 1. The van der Waals surface area contributed by atoms with Gasteiger partial charge in [0.2, 0.25) is 0 Å². The topological polar surface area (TPSA) is 9.23 Å². The van der Waals surface area contributed by atoms with Crippen LogP contribution in [0.4, 0.5) is 0 Å². The van der Waals surface area contributed by atoms with Gasteiger partial charge >= 0.3 is 0 Å². The monoisotopic (exact) mass is 184 g/mol. The number of hydrogen-bond donors (Lipinski definition) is 0. The molecule has 0 aromatic heterocycles. The van der Waals surface area contributed by atoms with Crippen LogP contribution in [-0.2, 0) is 4.74 Å². The lowest BCUT2D eigenvalue weighted by molar-refractivity contribution is 0.125. The average molecular weight is 185 g/mol. The molecule has 1 unspecified atom stereocenters. The van der Waals surface area contributed by atoms with E-state index in [2.05, 4.69) is 6.92 Å². The molecule has 0 N–H and O–H groups in total. The minimum absolute atomic E-state index is 0.566. The summed E-state index contributed by atoms with van der Waals surface area (Å²) in [5, 5.41) is 0.823. The van der Waals surface area contributed by atoms with E-state index >= 15 is 0 Å². The lowest BCUT2D eigenvalue weighted by Crippen LogP contribution is -2.18. The molecule has 1 heterocycles. The first-order chi connectivity index (χ1) is 5.77. The molecular weight excluding hydrogens is 172 g/mol. The Balaban J connectivity index is 2.28. The van der Waals surface area contributed by atoms with Gasteiger partial charge in [0.25, 0.3) is 0 Å². The maximum absolute atomic E-state index is 6.06. The first-order valence-corrected chi connectivity index (χ1v) is 4.85. The fourth-order valence-electron chi connectivity index (χ4n) is 1.95. The molecule has 1 fully saturated rings. The van der Waals surface area contributed by atoms with Crippen molar-refractivity contribution >= 4 is 11.6 Å². The van der Waals surface area contributed by atoms with Crippen LogP contribution in [0.1, 0.15) is 26.2 Å². The van der Waals surface area contributed by atoms with Crippen molar-refractivity contribution in [2.45, 2.75) is 26.2 Å². The van der Waals surface area contributed by atoms with Crippen molar-refractivity contribution in [3.05, 3.63) is 22.4 Å². The third-order valence-electron chi connectivity index (χ3n) is 2.50. The van der Waals surface area contributed by atoms with Crippen molar-refractivity contribution in [1.29, 1.82) is 0 Å². The Morgan fingerprint density at radius 3 is 3.25 bits per heavy atom. The standard InChI is InChI=1S/C10H13ClO/c1-7-5-8-3-2-4-12-10(8)9(11)6-7/h6,8H,2-5H2,1H3. The number of allylic oxidation sites excluding steroid dienone is 4. The summed E-state index contributed by atoms with van der Waals surface area (Å²) in [4.78, 5) is 0. The molecule has 1 atom stereocenters. The van der Waals surface area contributed by atoms with Crippen molar-refractivity contribution in [2.24, 2.45) is 5.92 Å². The molecule has 2 heteroatoms. The summed E-state index contributed by atoms with van der Waals surface area (Å²) < 4.78 is 5.55. The van der Waals surface area contributed by atoms with E-state index in [0.717, 1.165) is 23.8 Å². The van der Waals surface area contributed by atoms with Gasteiger partial charge in [-0.2, -0.15) is 0 Å². The lowest BCUT2D eigenvalue weighted by atomic mass is 9.88. The van der Waals surface area contributed by atoms with Gasteiger partial charge in [-0.25, -0.2) is 0 Å². The highest BCUT2D eigenvalue weighted by molar-refractivity contribution is 6.31. The van der Waals surface area contributed by atoms with E-state index < -0.39 is 0 Å². The molecule has 0 spiro atoms. The Labute approximate surface area is 78.0 Å². The molecule has 0 saturated carbocycles. The lowest BCUT2D eigenvalue weighted by Gasteiger charge is -2.29. The maximum Gasteiger partial charge on any atom is 0.118 e. The van der Waals surface area contributed by atoms with Crippen LogP contribution in [0.15, 0.2) is 22.4 Å². The van der Waals surface area contributed by atoms with Crippen LogP contribution >= 0.6 is 11.6 Å². The predicted octanol–water partition coefficient (Wildman–Crippen LogP) is 3.21. The van der Waals surface area contributed by atoms with Gasteiger partial charge in [0.15, 0.2) is 0 Å². The van der Waals surface area contributed by atoms with Gasteiger partial charge < -0.3 is 4.74 Å². The highest BCUT2D eigenvalue weighted by Crippen LogP contribution is 2.37. The van der Waals surface area contributed by atoms with Crippen LogP contribution in [-0.4, -0.2) is 6.61 Å². The zero-order valence-electron chi connectivity index (χ0n) is 7.27. The normalized spacial score (nSPS) is 29.2. The van der Waals surface area contributed by atoms with Gasteiger partial charge in [-0.1, -0.05) is 17.2 Å². The molecular formula is C10H13ClO. The summed E-state index contributed by atoms with van der Waals surface area (Å²) in [6, 6.07) is 0. The van der Waals surface area contributed by atoms with Crippen molar-refractivity contribution in [3.8, 4) is 0 Å². The summed E-state index contributed by atoms with van der Waals surface area (Å²) in [5.74, 6) is 1.60. The molecule has 0 bridgehead atoms. The Morgan fingerprint density at radius 1 is 1.58 bits per heavy atom. The van der Waals surface area contributed by atoms with E-state index in [9.17, 15) is 0 Å². The van der Waals surface area contributed by atoms with Crippen LogP contribution < -0.4 is 0 Å². The average Bonchev–Trinajstić information content (AvgIpc) is 2.04. The van der Waals surface area contributed by atoms with Crippen molar-refractivity contribution in [2.75, 3.05) is 6.61 Å². The Hall–Kier alpha value is -0.430. The second-order valence-electron chi connectivity index (χ2n) is 3.59. The summed E-state index contributed by atoms with van der Waals surface area (Å²) in [6.07, 6.45) is 5.56. The van der Waals surface area contributed by atoms with Crippen molar-refractivity contribution in [3.63, 3.8) is 0 Å². The first-order valence-electron chi connectivity index (χ1n) is 4.47. The van der Waals surface area contributed by atoms with E-state index in [1.54, 1.807) is 0 Å². The van der Waals surface area contributed by atoms with Gasteiger partial charge in [0.1, 0.15) is 5.76 Å². The Morgan fingerprint density at radius 2 is 2.42 bits per heavy atom. The fourth-order valence-corrected chi connectivity index (χ4v) is 2.35. The van der Waals surface area contributed by atoms with Gasteiger partial charge in [0.05, 0.1) is 11.6 Å².